The minimum atomic E-state index is -0.936. The number of hydrogen-bond acceptors (Lipinski definition) is 0. The van der Waals surface area contributed by atoms with Gasteiger partial charge in [-0.15, -0.1) is 11.6 Å². The van der Waals surface area contributed by atoms with Crippen molar-refractivity contribution in [1.29, 1.82) is 0 Å². The van der Waals surface area contributed by atoms with Gasteiger partial charge in [0.2, 0.25) is 0 Å². The molecule has 0 nitrogen and oxygen atoms in total. The normalized spacial score (nSPS) is 12.0. The molecular weight excluding hydrogens is 210 g/mol. The Morgan fingerprint density at radius 1 is 1.50 bits per heavy atom. The van der Waals surface area contributed by atoms with Crippen LogP contribution in [0.25, 0.3) is 0 Å². The van der Waals surface area contributed by atoms with E-state index in [4.69, 9.17) is 34.8 Å². The summed E-state index contributed by atoms with van der Waals surface area (Å²) >= 11 is 18.6. The molecule has 0 aromatic heterocycles. The van der Waals surface area contributed by atoms with Crippen LogP contribution in [0.2, 0.25) is 0 Å². The Morgan fingerprint density at radius 2 is 1.67 bits per heavy atom. The van der Waals surface area contributed by atoms with Gasteiger partial charge in [-0.1, -0.05) is 23.2 Å². The van der Waals surface area contributed by atoms with Gasteiger partial charge in [0.05, 0.1) is 5.88 Å². The van der Waals surface area contributed by atoms with E-state index in [0.717, 1.165) is 0 Å². The first-order valence-corrected chi connectivity index (χ1v) is 3.27. The topological polar surface area (TPSA) is 0 Å². The highest BCUT2D eigenvalue weighted by atomic mass is 79.9. The summed E-state index contributed by atoms with van der Waals surface area (Å²) in [6, 6.07) is 0. The summed E-state index contributed by atoms with van der Waals surface area (Å²) < 4.78 is -0.936. The van der Waals surface area contributed by atoms with Crippen LogP contribution in [0.3, 0.4) is 0 Å². The fraction of sp³-hybridized carbons (Fsp3) is 1.00. The third-order valence-electron chi connectivity index (χ3n) is 0.152. The molecule has 0 aliphatic heterocycles. The molecule has 0 rings (SSSR count). The van der Waals surface area contributed by atoms with Crippen molar-refractivity contribution in [2.75, 3.05) is 5.88 Å². The molecule has 0 bridgehead atoms. The Hall–Kier alpha value is 1.35. The highest BCUT2D eigenvalue weighted by Gasteiger charge is 2.15. The zero-order chi connectivity index (χ0) is 5.21. The van der Waals surface area contributed by atoms with Crippen LogP contribution in [0.5, 0.6) is 0 Å². The monoisotopic (exact) mass is 210 g/mol. The molecule has 0 aliphatic carbocycles. The van der Waals surface area contributed by atoms with Crippen molar-refractivity contribution in [2.24, 2.45) is 0 Å². The van der Waals surface area contributed by atoms with E-state index in [9.17, 15) is 0 Å². The summed E-state index contributed by atoms with van der Waals surface area (Å²) in [6.07, 6.45) is 0. The molecule has 0 saturated carbocycles. The van der Waals surface area contributed by atoms with Gasteiger partial charge in [0.15, 0.2) is 3.24 Å². The van der Waals surface area contributed by atoms with Gasteiger partial charge in [0, 0.05) is 0 Å². The van der Waals surface area contributed by atoms with Crippen LogP contribution in [-0.2, 0) is 0 Å². The average molecular weight is 212 g/mol. The lowest BCUT2D eigenvalue weighted by Crippen LogP contribution is -2.00. The van der Waals surface area contributed by atoms with Crippen molar-refractivity contribution >= 4 is 50.7 Å². The van der Waals surface area contributed by atoms with Crippen LogP contribution in [0.15, 0.2) is 0 Å². The highest BCUT2D eigenvalue weighted by Crippen LogP contribution is 2.29. The van der Waals surface area contributed by atoms with E-state index >= 15 is 0 Å². The van der Waals surface area contributed by atoms with Crippen LogP contribution >= 0.6 is 50.7 Å². The van der Waals surface area contributed by atoms with Crippen LogP contribution in [0.4, 0.5) is 0 Å². The molecular formula is C2H2BrCl3. The first-order valence-electron chi connectivity index (χ1n) is 1.19. The molecule has 0 saturated heterocycles. The first kappa shape index (κ1) is 7.35. The lowest BCUT2D eigenvalue weighted by Gasteiger charge is -2.01. The van der Waals surface area contributed by atoms with Crippen molar-refractivity contribution < 1.29 is 0 Å². The van der Waals surface area contributed by atoms with Crippen LogP contribution in [0, 0.1) is 0 Å². The maximum Gasteiger partial charge on any atom is 0.185 e. The fourth-order valence-electron chi connectivity index (χ4n) is 0. The maximum absolute atomic E-state index is 5.27. The molecule has 4 heteroatoms. The van der Waals surface area contributed by atoms with Crippen molar-refractivity contribution in [2.45, 2.75) is 3.24 Å². The summed E-state index contributed by atoms with van der Waals surface area (Å²) in [6.45, 7) is 0. The first-order chi connectivity index (χ1) is 2.56. The SMILES string of the molecule is ClCC(Cl)(Cl)Br. The molecule has 0 aromatic rings. The maximum atomic E-state index is 5.27. The number of halogens is 4. The zero-order valence-corrected chi connectivity index (χ0v) is 6.57. The Kier molecular flexibility index (Phi) is 3.19. The number of rotatable bonds is 1. The smallest absolute Gasteiger partial charge is 0.122 e. The molecule has 0 atom stereocenters. The van der Waals surface area contributed by atoms with Gasteiger partial charge in [0.1, 0.15) is 0 Å². The lowest BCUT2D eigenvalue weighted by molar-refractivity contribution is 1.33. The predicted octanol–water partition coefficient (Wildman–Crippen LogP) is 2.75. The molecule has 38 valence electrons. The van der Waals surface area contributed by atoms with Gasteiger partial charge >= 0.3 is 0 Å². The predicted molar refractivity (Wildman–Crippen MR) is 34.1 cm³/mol. The van der Waals surface area contributed by atoms with E-state index in [2.05, 4.69) is 15.9 Å². The standard InChI is InChI=1S/C2H2BrCl3/c3-2(5,6)1-4/h1H2. The minimum absolute atomic E-state index is 0.191. The van der Waals surface area contributed by atoms with Crippen LogP contribution in [0.1, 0.15) is 0 Å². The summed E-state index contributed by atoms with van der Waals surface area (Å²) in [5.74, 6) is 0.191. The Morgan fingerprint density at radius 3 is 1.67 bits per heavy atom. The molecule has 0 fully saturated rings. The number of hydrogen-bond donors (Lipinski definition) is 0. The minimum Gasteiger partial charge on any atom is -0.122 e. The van der Waals surface area contributed by atoms with Crippen molar-refractivity contribution in [3.05, 3.63) is 0 Å². The average Bonchev–Trinajstić information content (AvgIpc) is 1.35. The Labute approximate surface area is 59.9 Å². The van der Waals surface area contributed by atoms with E-state index in [0.29, 0.717) is 0 Å². The molecule has 0 aromatic carbocycles. The van der Waals surface area contributed by atoms with Gasteiger partial charge in [-0.05, 0) is 15.9 Å². The van der Waals surface area contributed by atoms with E-state index in [1.807, 2.05) is 0 Å². The van der Waals surface area contributed by atoms with E-state index < -0.39 is 3.24 Å². The van der Waals surface area contributed by atoms with Crippen molar-refractivity contribution in [3.8, 4) is 0 Å². The quantitative estimate of drug-likeness (QED) is 0.586. The fourth-order valence-corrected chi connectivity index (χ4v) is 0. The molecule has 0 N–H and O–H groups in total. The second-order valence-electron chi connectivity index (χ2n) is 0.749. The second kappa shape index (κ2) is 2.61. The summed E-state index contributed by atoms with van der Waals surface area (Å²) in [5.41, 5.74) is 0. The van der Waals surface area contributed by atoms with Crippen molar-refractivity contribution in [1.82, 2.24) is 0 Å². The largest absolute Gasteiger partial charge is 0.185 e. The Bertz CT molecular complexity index is 38.5. The van der Waals surface area contributed by atoms with E-state index in [1.165, 1.54) is 0 Å². The molecule has 0 aliphatic rings. The van der Waals surface area contributed by atoms with Gasteiger partial charge in [-0.3, -0.25) is 0 Å². The third kappa shape index (κ3) is 5.35. The molecule has 0 radical (unpaired) electrons. The second-order valence-corrected chi connectivity index (χ2v) is 4.77. The summed E-state index contributed by atoms with van der Waals surface area (Å²) in [7, 11) is 0. The van der Waals surface area contributed by atoms with Gasteiger partial charge in [-0.25, -0.2) is 0 Å². The molecule has 6 heavy (non-hydrogen) atoms. The molecule has 0 amide bonds. The highest BCUT2D eigenvalue weighted by molar-refractivity contribution is 9.11. The van der Waals surface area contributed by atoms with Gasteiger partial charge < -0.3 is 0 Å². The summed E-state index contributed by atoms with van der Waals surface area (Å²) in [4.78, 5) is 0. The van der Waals surface area contributed by atoms with E-state index in [-0.39, 0.29) is 5.88 Å². The van der Waals surface area contributed by atoms with Gasteiger partial charge in [-0.2, -0.15) is 0 Å². The van der Waals surface area contributed by atoms with Gasteiger partial charge in [0.25, 0.3) is 0 Å². The van der Waals surface area contributed by atoms with Crippen LogP contribution in [-0.4, -0.2) is 9.12 Å². The zero-order valence-electron chi connectivity index (χ0n) is 2.72. The van der Waals surface area contributed by atoms with E-state index in [1.54, 1.807) is 0 Å². The molecule has 0 unspecified atom stereocenters. The number of alkyl halides is 4. The molecule has 0 spiro atoms. The Balaban J connectivity index is 3.17. The lowest BCUT2D eigenvalue weighted by atomic mass is 10.9. The third-order valence-corrected chi connectivity index (χ3v) is 1.70. The summed E-state index contributed by atoms with van der Waals surface area (Å²) in [5, 5.41) is 0. The van der Waals surface area contributed by atoms with Crippen molar-refractivity contribution in [3.63, 3.8) is 0 Å². The van der Waals surface area contributed by atoms with Crippen LogP contribution < -0.4 is 0 Å². The molecule has 0 heterocycles.